The van der Waals surface area contributed by atoms with Gasteiger partial charge in [-0.05, 0) is 23.8 Å². The van der Waals surface area contributed by atoms with E-state index in [1.165, 1.54) is 0 Å². The van der Waals surface area contributed by atoms with Gasteiger partial charge in [0.1, 0.15) is 12.4 Å². The van der Waals surface area contributed by atoms with Crippen molar-refractivity contribution in [3.8, 4) is 5.75 Å². The van der Waals surface area contributed by atoms with Crippen molar-refractivity contribution < 1.29 is 9.53 Å². The number of ether oxygens (including phenoxy) is 1. The number of nitrogens with two attached hydrogens (primary N) is 1. The van der Waals surface area contributed by atoms with Gasteiger partial charge in [-0.15, -0.1) is 0 Å². The van der Waals surface area contributed by atoms with Crippen molar-refractivity contribution in [1.29, 1.82) is 0 Å². The quantitative estimate of drug-likeness (QED) is 0.826. The van der Waals surface area contributed by atoms with Gasteiger partial charge in [-0.25, -0.2) is 0 Å². The number of hydrogen-bond acceptors (Lipinski definition) is 3. The van der Waals surface area contributed by atoms with Crippen LogP contribution in [0.5, 0.6) is 5.75 Å². The summed E-state index contributed by atoms with van der Waals surface area (Å²) in [5.41, 5.74) is 7.06. The third-order valence-corrected chi connectivity index (χ3v) is 3.27. The molecule has 0 fully saturated rings. The number of hydrogen-bond donors (Lipinski definition) is 2. The topological polar surface area (TPSA) is 64.4 Å². The molecule has 0 aliphatic carbocycles. The Morgan fingerprint density at radius 2 is 1.86 bits per heavy atom. The summed E-state index contributed by atoms with van der Waals surface area (Å²) in [4.78, 5) is 10.6. The molecular weight excluding hydrogens is 288 g/mol. The zero-order valence-corrected chi connectivity index (χ0v) is 12.3. The summed E-state index contributed by atoms with van der Waals surface area (Å²) < 4.78 is 5.69. The zero-order valence-electron chi connectivity index (χ0n) is 11.5. The van der Waals surface area contributed by atoms with E-state index in [0.29, 0.717) is 18.2 Å². The lowest BCUT2D eigenvalue weighted by molar-refractivity contribution is -0.117. The second-order valence-corrected chi connectivity index (χ2v) is 5.00. The van der Waals surface area contributed by atoms with E-state index in [1.807, 2.05) is 48.5 Å². The molecular formula is C16H17ClN2O2. The van der Waals surface area contributed by atoms with Crippen LogP contribution < -0.4 is 15.8 Å². The van der Waals surface area contributed by atoms with E-state index in [2.05, 4.69) is 5.32 Å². The first-order valence-corrected chi connectivity index (χ1v) is 6.97. The second-order valence-electron chi connectivity index (χ2n) is 4.59. The lowest BCUT2D eigenvalue weighted by Crippen LogP contribution is -2.28. The molecule has 0 saturated heterocycles. The van der Waals surface area contributed by atoms with E-state index >= 15 is 0 Å². The van der Waals surface area contributed by atoms with Crippen LogP contribution in [0.1, 0.15) is 11.1 Å². The summed E-state index contributed by atoms with van der Waals surface area (Å²) in [6.07, 6.45) is 0. The molecule has 0 spiro atoms. The van der Waals surface area contributed by atoms with E-state index in [1.54, 1.807) is 0 Å². The molecule has 0 atom stereocenters. The molecule has 21 heavy (non-hydrogen) atoms. The van der Waals surface area contributed by atoms with Crippen LogP contribution in [-0.4, -0.2) is 12.5 Å². The molecule has 0 aromatic heterocycles. The molecule has 1 amide bonds. The fraction of sp³-hybridized carbons (Fsp3) is 0.188. The van der Waals surface area contributed by atoms with Gasteiger partial charge in [0.2, 0.25) is 5.91 Å². The Bertz CT molecular complexity index is 599. The molecule has 2 aromatic carbocycles. The van der Waals surface area contributed by atoms with Crippen LogP contribution in [0.25, 0.3) is 0 Å². The normalized spacial score (nSPS) is 10.3. The molecule has 0 unspecified atom stereocenters. The van der Waals surface area contributed by atoms with Crippen LogP contribution in [-0.2, 0) is 17.9 Å². The van der Waals surface area contributed by atoms with Crippen LogP contribution in [0.3, 0.4) is 0 Å². The van der Waals surface area contributed by atoms with Crippen LogP contribution in [0.2, 0.25) is 5.02 Å². The highest BCUT2D eigenvalue weighted by atomic mass is 35.5. The molecule has 2 rings (SSSR count). The SMILES string of the molecule is NC(=O)CNCc1ccc(OCc2ccccc2Cl)cc1. The summed E-state index contributed by atoms with van der Waals surface area (Å²) in [5.74, 6) is 0.406. The van der Waals surface area contributed by atoms with E-state index in [0.717, 1.165) is 16.9 Å². The predicted molar refractivity (Wildman–Crippen MR) is 83.1 cm³/mol. The van der Waals surface area contributed by atoms with E-state index in [9.17, 15) is 4.79 Å². The van der Waals surface area contributed by atoms with Crippen molar-refractivity contribution in [1.82, 2.24) is 5.32 Å². The van der Waals surface area contributed by atoms with Gasteiger partial charge in [0.15, 0.2) is 0 Å². The van der Waals surface area contributed by atoms with Crippen LogP contribution in [0.4, 0.5) is 0 Å². The third kappa shape index (κ3) is 5.10. The fourth-order valence-corrected chi connectivity index (χ4v) is 2.00. The van der Waals surface area contributed by atoms with Gasteiger partial charge < -0.3 is 15.8 Å². The van der Waals surface area contributed by atoms with E-state index < -0.39 is 0 Å². The summed E-state index contributed by atoms with van der Waals surface area (Å²) in [6.45, 7) is 1.19. The van der Waals surface area contributed by atoms with Gasteiger partial charge in [0, 0.05) is 17.1 Å². The van der Waals surface area contributed by atoms with Crippen molar-refractivity contribution in [3.05, 3.63) is 64.7 Å². The number of amides is 1. The number of benzene rings is 2. The summed E-state index contributed by atoms with van der Waals surface area (Å²) >= 11 is 6.07. The molecule has 2 aromatic rings. The molecule has 4 nitrogen and oxygen atoms in total. The first kappa shape index (κ1) is 15.4. The lowest BCUT2D eigenvalue weighted by atomic mass is 10.2. The average Bonchev–Trinajstić information content (AvgIpc) is 2.47. The Balaban J connectivity index is 1.85. The Morgan fingerprint density at radius 1 is 1.14 bits per heavy atom. The molecule has 0 saturated carbocycles. The van der Waals surface area contributed by atoms with E-state index in [4.69, 9.17) is 22.1 Å². The summed E-state index contributed by atoms with van der Waals surface area (Å²) in [7, 11) is 0. The number of primary amides is 1. The molecule has 3 N–H and O–H groups in total. The van der Waals surface area contributed by atoms with Crippen molar-refractivity contribution in [2.24, 2.45) is 5.73 Å². The predicted octanol–water partition coefficient (Wildman–Crippen LogP) is 2.49. The number of halogens is 1. The number of rotatable bonds is 7. The van der Waals surface area contributed by atoms with Gasteiger partial charge in [-0.1, -0.05) is 41.9 Å². The standard InChI is InChI=1S/C16H17ClN2O2/c17-15-4-2-1-3-13(15)11-21-14-7-5-12(6-8-14)9-19-10-16(18)20/h1-8,19H,9-11H2,(H2,18,20). The Morgan fingerprint density at radius 3 is 2.52 bits per heavy atom. The smallest absolute Gasteiger partial charge is 0.231 e. The number of carbonyl (C=O) groups is 1. The highest BCUT2D eigenvalue weighted by molar-refractivity contribution is 6.31. The minimum absolute atomic E-state index is 0.171. The average molecular weight is 305 g/mol. The highest BCUT2D eigenvalue weighted by Crippen LogP contribution is 2.18. The largest absolute Gasteiger partial charge is 0.489 e. The van der Waals surface area contributed by atoms with Gasteiger partial charge in [0.25, 0.3) is 0 Å². The number of carbonyl (C=O) groups excluding carboxylic acids is 1. The fourth-order valence-electron chi connectivity index (χ4n) is 1.81. The van der Waals surface area contributed by atoms with Crippen molar-refractivity contribution >= 4 is 17.5 Å². The first-order chi connectivity index (χ1) is 10.1. The van der Waals surface area contributed by atoms with Gasteiger partial charge in [0.05, 0.1) is 6.54 Å². The molecule has 0 aliphatic heterocycles. The van der Waals surface area contributed by atoms with Crippen molar-refractivity contribution in [3.63, 3.8) is 0 Å². The van der Waals surface area contributed by atoms with Crippen molar-refractivity contribution in [2.75, 3.05) is 6.54 Å². The van der Waals surface area contributed by atoms with Crippen LogP contribution in [0, 0.1) is 0 Å². The van der Waals surface area contributed by atoms with Crippen molar-refractivity contribution in [2.45, 2.75) is 13.2 Å². The molecule has 0 radical (unpaired) electrons. The lowest BCUT2D eigenvalue weighted by Gasteiger charge is -2.09. The maximum Gasteiger partial charge on any atom is 0.231 e. The Labute approximate surface area is 128 Å². The molecule has 0 bridgehead atoms. The molecule has 0 aliphatic rings. The van der Waals surface area contributed by atoms with E-state index in [-0.39, 0.29) is 12.5 Å². The molecule has 5 heteroatoms. The molecule has 0 heterocycles. The van der Waals surface area contributed by atoms with Crippen LogP contribution >= 0.6 is 11.6 Å². The van der Waals surface area contributed by atoms with Gasteiger partial charge in [-0.2, -0.15) is 0 Å². The minimum Gasteiger partial charge on any atom is -0.489 e. The zero-order chi connectivity index (χ0) is 15.1. The molecule has 110 valence electrons. The highest BCUT2D eigenvalue weighted by Gasteiger charge is 2.01. The monoisotopic (exact) mass is 304 g/mol. The maximum atomic E-state index is 10.6. The summed E-state index contributed by atoms with van der Waals surface area (Å²) in [6, 6.07) is 15.2. The Kier molecular flexibility index (Phi) is 5.60. The maximum absolute atomic E-state index is 10.6. The minimum atomic E-state index is -0.366. The summed E-state index contributed by atoms with van der Waals surface area (Å²) in [5, 5.41) is 3.65. The number of nitrogens with one attached hydrogen (secondary N) is 1. The Hall–Kier alpha value is -2.04. The van der Waals surface area contributed by atoms with Gasteiger partial charge >= 0.3 is 0 Å². The van der Waals surface area contributed by atoms with Gasteiger partial charge in [-0.3, -0.25) is 4.79 Å². The second kappa shape index (κ2) is 7.67. The van der Waals surface area contributed by atoms with Crippen LogP contribution in [0.15, 0.2) is 48.5 Å². The third-order valence-electron chi connectivity index (χ3n) is 2.90. The first-order valence-electron chi connectivity index (χ1n) is 6.59.